The number of rotatable bonds is 7. The lowest BCUT2D eigenvalue weighted by Gasteiger charge is -2.31. The Morgan fingerprint density at radius 1 is 1.14 bits per heavy atom. The number of hydrogen-bond donors (Lipinski definition) is 1. The zero-order chi connectivity index (χ0) is 20.6. The van der Waals surface area contributed by atoms with E-state index in [1.54, 1.807) is 24.3 Å². The Kier molecular flexibility index (Phi) is 7.42. The summed E-state index contributed by atoms with van der Waals surface area (Å²) in [7, 11) is 0. The molecule has 0 unspecified atom stereocenters. The molecule has 2 aromatic carbocycles. The number of nitrogens with one attached hydrogen (secondary N) is 1. The second-order valence-corrected chi connectivity index (χ2v) is 7.74. The highest BCUT2D eigenvalue weighted by molar-refractivity contribution is 5.97. The van der Waals surface area contributed by atoms with E-state index in [-0.39, 0.29) is 24.4 Å². The van der Waals surface area contributed by atoms with Crippen LogP contribution in [0.3, 0.4) is 0 Å². The minimum atomic E-state index is -0.277. The van der Waals surface area contributed by atoms with Crippen LogP contribution in [-0.2, 0) is 6.61 Å². The summed E-state index contributed by atoms with van der Waals surface area (Å²) in [6, 6.07) is 13.6. The van der Waals surface area contributed by atoms with Gasteiger partial charge in [-0.1, -0.05) is 35.9 Å². The summed E-state index contributed by atoms with van der Waals surface area (Å²) in [5.74, 6) is 0.151. The van der Waals surface area contributed by atoms with Crippen molar-refractivity contribution in [2.24, 2.45) is 0 Å². The van der Waals surface area contributed by atoms with Crippen molar-refractivity contribution >= 4 is 5.91 Å². The number of carbonyl (C=O) groups is 1. The number of ether oxygens (including phenoxy) is 1. The van der Waals surface area contributed by atoms with E-state index >= 15 is 0 Å². The molecule has 1 aliphatic rings. The van der Waals surface area contributed by atoms with Gasteiger partial charge in [0.25, 0.3) is 5.91 Å². The Labute approximate surface area is 172 Å². The molecule has 0 aliphatic carbocycles. The molecule has 2 aromatic rings. The SMILES string of the molecule is CC(C)=CCN1CCC(NC(=O)c2ccccc2OCc2ccc(F)cc2)CC1. The van der Waals surface area contributed by atoms with Gasteiger partial charge >= 0.3 is 0 Å². The van der Waals surface area contributed by atoms with Crippen LogP contribution in [0.15, 0.2) is 60.2 Å². The lowest BCUT2D eigenvalue weighted by Crippen LogP contribution is -2.44. The second-order valence-electron chi connectivity index (χ2n) is 7.74. The average molecular weight is 397 g/mol. The van der Waals surface area contributed by atoms with Gasteiger partial charge in [-0.05, 0) is 56.5 Å². The highest BCUT2D eigenvalue weighted by atomic mass is 19.1. The normalized spacial score (nSPS) is 15.0. The van der Waals surface area contributed by atoms with Gasteiger partial charge in [-0.15, -0.1) is 0 Å². The molecule has 0 saturated carbocycles. The van der Waals surface area contributed by atoms with Crippen LogP contribution < -0.4 is 10.1 Å². The summed E-state index contributed by atoms with van der Waals surface area (Å²) in [5, 5.41) is 3.16. The third kappa shape index (κ3) is 6.43. The van der Waals surface area contributed by atoms with Gasteiger partial charge in [0, 0.05) is 25.7 Å². The molecule has 0 spiro atoms. The molecule has 1 N–H and O–H groups in total. The lowest BCUT2D eigenvalue weighted by atomic mass is 10.0. The van der Waals surface area contributed by atoms with Crippen molar-refractivity contribution in [1.29, 1.82) is 0 Å². The van der Waals surface area contributed by atoms with E-state index in [2.05, 4.69) is 30.1 Å². The molecule has 5 heteroatoms. The number of amides is 1. The van der Waals surface area contributed by atoms with Gasteiger partial charge in [-0.25, -0.2) is 4.39 Å². The molecule has 1 saturated heterocycles. The van der Waals surface area contributed by atoms with E-state index in [1.165, 1.54) is 17.7 Å². The summed E-state index contributed by atoms with van der Waals surface area (Å²) in [6.45, 7) is 7.45. The number of allylic oxidation sites excluding steroid dienone is 1. The highest BCUT2D eigenvalue weighted by Crippen LogP contribution is 2.20. The van der Waals surface area contributed by atoms with Crippen LogP contribution in [0.1, 0.15) is 42.6 Å². The van der Waals surface area contributed by atoms with Crippen LogP contribution in [0.5, 0.6) is 5.75 Å². The van der Waals surface area contributed by atoms with Gasteiger partial charge in [-0.2, -0.15) is 0 Å². The van der Waals surface area contributed by atoms with E-state index < -0.39 is 0 Å². The van der Waals surface area contributed by atoms with Crippen LogP contribution >= 0.6 is 0 Å². The Morgan fingerprint density at radius 3 is 2.52 bits per heavy atom. The van der Waals surface area contributed by atoms with Crippen molar-refractivity contribution < 1.29 is 13.9 Å². The quantitative estimate of drug-likeness (QED) is 0.698. The van der Waals surface area contributed by atoms with Gasteiger partial charge in [0.2, 0.25) is 0 Å². The summed E-state index contributed by atoms with van der Waals surface area (Å²) < 4.78 is 18.9. The Morgan fingerprint density at radius 2 is 1.83 bits per heavy atom. The monoisotopic (exact) mass is 396 g/mol. The number of nitrogens with zero attached hydrogens (tertiary/aromatic N) is 1. The molecule has 4 nitrogen and oxygen atoms in total. The zero-order valence-corrected chi connectivity index (χ0v) is 17.2. The molecule has 1 amide bonds. The minimum Gasteiger partial charge on any atom is -0.488 e. The first-order chi connectivity index (χ1) is 14.0. The maximum absolute atomic E-state index is 13.0. The standard InChI is InChI=1S/C24H29FN2O2/c1-18(2)11-14-27-15-12-21(13-16-27)26-24(28)22-5-3-4-6-23(22)29-17-19-7-9-20(25)10-8-19/h3-11,21H,12-17H2,1-2H3,(H,26,28). The fourth-order valence-corrected chi connectivity index (χ4v) is 3.36. The van der Waals surface area contributed by atoms with Crippen molar-refractivity contribution in [3.63, 3.8) is 0 Å². The maximum atomic E-state index is 13.0. The third-order valence-corrected chi connectivity index (χ3v) is 5.12. The smallest absolute Gasteiger partial charge is 0.255 e. The number of para-hydroxylation sites is 1. The largest absolute Gasteiger partial charge is 0.488 e. The number of carbonyl (C=O) groups excluding carboxylic acids is 1. The molecule has 0 radical (unpaired) electrons. The number of halogens is 1. The highest BCUT2D eigenvalue weighted by Gasteiger charge is 2.22. The minimum absolute atomic E-state index is 0.109. The van der Waals surface area contributed by atoms with Gasteiger partial charge < -0.3 is 10.1 Å². The maximum Gasteiger partial charge on any atom is 0.255 e. The van der Waals surface area contributed by atoms with Crippen LogP contribution in [-0.4, -0.2) is 36.5 Å². The van der Waals surface area contributed by atoms with Gasteiger partial charge in [0.1, 0.15) is 18.2 Å². The number of likely N-dealkylation sites (tertiary alicyclic amines) is 1. The third-order valence-electron chi connectivity index (χ3n) is 5.12. The fraction of sp³-hybridized carbons (Fsp3) is 0.375. The topological polar surface area (TPSA) is 41.6 Å². The van der Waals surface area contributed by atoms with Gasteiger partial charge in [0.05, 0.1) is 5.56 Å². The molecular formula is C24H29FN2O2. The Hall–Kier alpha value is -2.66. The number of hydrogen-bond acceptors (Lipinski definition) is 3. The van der Waals surface area contributed by atoms with Crippen molar-refractivity contribution in [1.82, 2.24) is 10.2 Å². The number of benzene rings is 2. The molecule has 0 aromatic heterocycles. The molecule has 154 valence electrons. The predicted molar refractivity (Wildman–Crippen MR) is 114 cm³/mol. The summed E-state index contributed by atoms with van der Waals surface area (Å²) in [4.78, 5) is 15.2. The van der Waals surface area contributed by atoms with Crippen LogP contribution in [0.2, 0.25) is 0 Å². The second kappa shape index (κ2) is 10.2. The lowest BCUT2D eigenvalue weighted by molar-refractivity contribution is 0.0909. The fourth-order valence-electron chi connectivity index (χ4n) is 3.36. The average Bonchev–Trinajstić information content (AvgIpc) is 2.73. The first kappa shape index (κ1) is 21.1. The van der Waals surface area contributed by atoms with Gasteiger partial charge in [0.15, 0.2) is 0 Å². The van der Waals surface area contributed by atoms with Crippen molar-refractivity contribution in [3.05, 3.63) is 77.1 Å². The summed E-state index contributed by atoms with van der Waals surface area (Å²) >= 11 is 0. The van der Waals surface area contributed by atoms with E-state index in [4.69, 9.17) is 4.74 Å². The van der Waals surface area contributed by atoms with Crippen LogP contribution in [0.25, 0.3) is 0 Å². The molecule has 0 atom stereocenters. The van der Waals surface area contributed by atoms with Crippen molar-refractivity contribution in [3.8, 4) is 5.75 Å². The van der Waals surface area contributed by atoms with Crippen LogP contribution in [0.4, 0.5) is 4.39 Å². The predicted octanol–water partition coefficient (Wildman–Crippen LogP) is 4.57. The summed E-state index contributed by atoms with van der Waals surface area (Å²) in [6.07, 6.45) is 4.13. The van der Waals surface area contributed by atoms with E-state index in [9.17, 15) is 9.18 Å². The molecule has 29 heavy (non-hydrogen) atoms. The van der Waals surface area contributed by atoms with E-state index in [0.29, 0.717) is 11.3 Å². The molecule has 0 bridgehead atoms. The number of piperidine rings is 1. The summed E-state index contributed by atoms with van der Waals surface area (Å²) in [5.41, 5.74) is 2.71. The molecule has 1 aliphatic heterocycles. The first-order valence-corrected chi connectivity index (χ1v) is 10.1. The van der Waals surface area contributed by atoms with Crippen LogP contribution in [0, 0.1) is 5.82 Å². The Balaban J connectivity index is 1.54. The first-order valence-electron chi connectivity index (χ1n) is 10.1. The van der Waals surface area contributed by atoms with Crippen molar-refractivity contribution in [2.75, 3.05) is 19.6 Å². The van der Waals surface area contributed by atoms with E-state index in [0.717, 1.165) is 38.0 Å². The van der Waals surface area contributed by atoms with Gasteiger partial charge in [-0.3, -0.25) is 9.69 Å². The molecule has 1 fully saturated rings. The Bertz CT molecular complexity index is 836. The zero-order valence-electron chi connectivity index (χ0n) is 17.2. The molecular weight excluding hydrogens is 367 g/mol. The molecule has 3 rings (SSSR count). The molecule has 1 heterocycles. The van der Waals surface area contributed by atoms with Crippen molar-refractivity contribution in [2.45, 2.75) is 39.3 Å². The van der Waals surface area contributed by atoms with E-state index in [1.807, 2.05) is 12.1 Å².